The first kappa shape index (κ1) is 13.3. The van der Waals surface area contributed by atoms with Crippen molar-refractivity contribution in [3.8, 4) is 0 Å². The molecule has 0 amide bonds. The number of benzene rings is 2. The fraction of sp³-hybridized carbons (Fsp3) is 0.125. The quantitative estimate of drug-likeness (QED) is 0.802. The molecule has 5 heteroatoms. The second-order valence-electron chi connectivity index (χ2n) is 4.94. The molecule has 0 unspecified atom stereocenters. The minimum atomic E-state index is -0.599. The predicted octanol–water partition coefficient (Wildman–Crippen LogP) is 2.99. The molecule has 3 aromatic rings. The molecular weight excluding hydrogens is 267 g/mol. The Morgan fingerprint density at radius 3 is 2.67 bits per heavy atom. The normalized spacial score (nSPS) is 10.8. The number of nitrogens with two attached hydrogens (primary N) is 1. The van der Waals surface area contributed by atoms with Crippen molar-refractivity contribution >= 4 is 22.5 Å². The molecule has 2 aromatic carbocycles. The van der Waals surface area contributed by atoms with Crippen LogP contribution in [0.3, 0.4) is 0 Å². The van der Waals surface area contributed by atoms with Gasteiger partial charge in [0.1, 0.15) is 0 Å². The number of nitrogen functional groups attached to an aromatic ring is 1. The molecule has 0 aliphatic carbocycles. The molecule has 0 fully saturated rings. The first-order valence-corrected chi connectivity index (χ1v) is 6.60. The lowest BCUT2D eigenvalue weighted by atomic mass is 10.1. The van der Waals surface area contributed by atoms with Crippen molar-refractivity contribution in [3.05, 3.63) is 60.0 Å². The number of halogens is 1. The van der Waals surface area contributed by atoms with E-state index in [1.807, 2.05) is 24.1 Å². The van der Waals surface area contributed by atoms with Gasteiger partial charge in [-0.25, -0.2) is 9.37 Å². The van der Waals surface area contributed by atoms with Crippen molar-refractivity contribution in [2.24, 2.45) is 0 Å². The highest BCUT2D eigenvalue weighted by atomic mass is 19.1. The Morgan fingerprint density at radius 1 is 1.14 bits per heavy atom. The highest BCUT2D eigenvalue weighted by Gasteiger charge is 2.08. The molecule has 0 aliphatic heterocycles. The molecule has 106 valence electrons. The number of nitrogens with zero attached hydrogens (tertiary/aromatic N) is 3. The third kappa shape index (κ3) is 2.76. The van der Waals surface area contributed by atoms with Gasteiger partial charge < -0.3 is 10.6 Å². The molecule has 1 aromatic heterocycles. The van der Waals surface area contributed by atoms with Crippen LogP contribution in [-0.2, 0) is 6.54 Å². The molecule has 0 atom stereocenters. The van der Waals surface area contributed by atoms with Gasteiger partial charge >= 0.3 is 0 Å². The van der Waals surface area contributed by atoms with E-state index in [9.17, 15) is 4.39 Å². The van der Waals surface area contributed by atoms with Gasteiger partial charge in [-0.2, -0.15) is 4.98 Å². The maximum Gasteiger partial charge on any atom is 0.227 e. The van der Waals surface area contributed by atoms with Gasteiger partial charge in [0.05, 0.1) is 6.20 Å². The molecule has 0 aliphatic rings. The molecule has 2 N–H and O–H groups in total. The molecule has 0 radical (unpaired) electrons. The van der Waals surface area contributed by atoms with E-state index in [1.165, 1.54) is 10.8 Å². The maximum atomic E-state index is 13.1. The minimum absolute atomic E-state index is 0.134. The topological polar surface area (TPSA) is 55.0 Å². The van der Waals surface area contributed by atoms with E-state index in [4.69, 9.17) is 5.73 Å². The number of rotatable bonds is 3. The molecule has 21 heavy (non-hydrogen) atoms. The van der Waals surface area contributed by atoms with E-state index in [-0.39, 0.29) is 5.82 Å². The average molecular weight is 282 g/mol. The van der Waals surface area contributed by atoms with E-state index in [0.29, 0.717) is 12.5 Å². The summed E-state index contributed by atoms with van der Waals surface area (Å²) in [5.41, 5.74) is 6.60. The number of aromatic nitrogens is 2. The summed E-state index contributed by atoms with van der Waals surface area (Å²) in [4.78, 5) is 9.74. The fourth-order valence-electron chi connectivity index (χ4n) is 2.24. The van der Waals surface area contributed by atoms with Gasteiger partial charge in [0, 0.05) is 13.6 Å². The van der Waals surface area contributed by atoms with Gasteiger partial charge in [0.25, 0.3) is 0 Å². The van der Waals surface area contributed by atoms with Crippen molar-refractivity contribution in [1.82, 2.24) is 9.97 Å². The Hall–Kier alpha value is -2.69. The number of hydrogen-bond donors (Lipinski definition) is 1. The maximum absolute atomic E-state index is 13.1. The molecule has 0 saturated carbocycles. The number of hydrogen-bond acceptors (Lipinski definition) is 4. The Labute approximate surface area is 122 Å². The molecule has 0 saturated heterocycles. The zero-order valence-electron chi connectivity index (χ0n) is 11.6. The zero-order valence-corrected chi connectivity index (χ0v) is 11.6. The van der Waals surface area contributed by atoms with Crippen LogP contribution in [0.1, 0.15) is 5.56 Å². The van der Waals surface area contributed by atoms with Crippen molar-refractivity contribution < 1.29 is 4.39 Å². The van der Waals surface area contributed by atoms with Crippen LogP contribution in [0.5, 0.6) is 0 Å². The minimum Gasteiger partial charge on any atom is -0.381 e. The van der Waals surface area contributed by atoms with Crippen LogP contribution >= 0.6 is 0 Å². The zero-order chi connectivity index (χ0) is 14.8. The average Bonchev–Trinajstić information content (AvgIpc) is 2.50. The molecule has 0 bridgehead atoms. The Bertz CT molecular complexity index is 788. The van der Waals surface area contributed by atoms with E-state index >= 15 is 0 Å². The van der Waals surface area contributed by atoms with Crippen molar-refractivity contribution in [2.75, 3.05) is 17.7 Å². The van der Waals surface area contributed by atoms with Crippen LogP contribution in [0.15, 0.2) is 48.7 Å². The second-order valence-corrected chi connectivity index (χ2v) is 4.94. The summed E-state index contributed by atoms with van der Waals surface area (Å²) in [6.45, 7) is 0.621. The lowest BCUT2D eigenvalue weighted by Crippen LogP contribution is -2.19. The molecule has 4 nitrogen and oxygen atoms in total. The second kappa shape index (κ2) is 5.36. The van der Waals surface area contributed by atoms with Crippen molar-refractivity contribution in [3.63, 3.8) is 0 Å². The van der Waals surface area contributed by atoms with Crippen molar-refractivity contribution in [1.29, 1.82) is 0 Å². The molecular formula is C16H15FN4. The van der Waals surface area contributed by atoms with Crippen LogP contribution in [-0.4, -0.2) is 17.0 Å². The summed E-state index contributed by atoms with van der Waals surface area (Å²) in [5.74, 6) is -0.328. The van der Waals surface area contributed by atoms with E-state index in [2.05, 4.69) is 40.3 Å². The van der Waals surface area contributed by atoms with Crippen LogP contribution in [0, 0.1) is 5.82 Å². The van der Waals surface area contributed by atoms with Gasteiger partial charge in [0.15, 0.2) is 11.6 Å². The van der Waals surface area contributed by atoms with Gasteiger partial charge in [-0.15, -0.1) is 0 Å². The monoisotopic (exact) mass is 282 g/mol. The smallest absolute Gasteiger partial charge is 0.227 e. The summed E-state index contributed by atoms with van der Waals surface area (Å²) < 4.78 is 13.1. The van der Waals surface area contributed by atoms with Gasteiger partial charge in [-0.1, -0.05) is 36.4 Å². The summed E-state index contributed by atoms with van der Waals surface area (Å²) in [6.07, 6.45) is 1.09. The number of anilines is 2. The SMILES string of the molecule is CN(Cc1ccc2ccccc2c1)c1ncc(F)c(N)n1. The number of fused-ring (bicyclic) bond motifs is 1. The molecule has 0 spiro atoms. The first-order chi connectivity index (χ1) is 10.1. The summed E-state index contributed by atoms with van der Waals surface area (Å²) in [6, 6.07) is 14.4. The van der Waals surface area contributed by atoms with Crippen LogP contribution in [0.25, 0.3) is 10.8 Å². The highest BCUT2D eigenvalue weighted by molar-refractivity contribution is 5.83. The summed E-state index contributed by atoms with van der Waals surface area (Å²) in [7, 11) is 1.85. The van der Waals surface area contributed by atoms with Gasteiger partial charge in [-0.3, -0.25) is 0 Å². The summed E-state index contributed by atoms with van der Waals surface area (Å²) >= 11 is 0. The van der Waals surface area contributed by atoms with Gasteiger partial charge in [-0.05, 0) is 22.4 Å². The van der Waals surface area contributed by atoms with Gasteiger partial charge in [0.2, 0.25) is 5.95 Å². The lowest BCUT2D eigenvalue weighted by Gasteiger charge is -2.17. The third-order valence-corrected chi connectivity index (χ3v) is 3.33. The standard InChI is InChI=1S/C16H15FN4/c1-21(16-19-9-14(17)15(18)20-16)10-11-6-7-12-4-2-3-5-13(12)8-11/h2-9H,10H2,1H3,(H2,18,19,20). The predicted molar refractivity (Wildman–Crippen MR) is 82.5 cm³/mol. The Balaban J connectivity index is 1.85. The molecule has 1 heterocycles. The van der Waals surface area contributed by atoms with E-state index in [1.54, 1.807) is 0 Å². The fourth-order valence-corrected chi connectivity index (χ4v) is 2.24. The van der Waals surface area contributed by atoms with Crippen LogP contribution in [0.2, 0.25) is 0 Å². The van der Waals surface area contributed by atoms with Crippen LogP contribution in [0.4, 0.5) is 16.2 Å². The summed E-state index contributed by atoms with van der Waals surface area (Å²) in [5, 5.41) is 2.38. The van der Waals surface area contributed by atoms with E-state index in [0.717, 1.165) is 11.8 Å². The lowest BCUT2D eigenvalue weighted by molar-refractivity contribution is 0.618. The Kier molecular flexibility index (Phi) is 3.39. The van der Waals surface area contributed by atoms with Crippen LogP contribution < -0.4 is 10.6 Å². The first-order valence-electron chi connectivity index (χ1n) is 6.60. The highest BCUT2D eigenvalue weighted by Crippen LogP contribution is 2.18. The molecule has 3 rings (SSSR count). The third-order valence-electron chi connectivity index (χ3n) is 3.33. The van der Waals surface area contributed by atoms with Crippen molar-refractivity contribution in [2.45, 2.75) is 6.54 Å². The largest absolute Gasteiger partial charge is 0.381 e. The van der Waals surface area contributed by atoms with E-state index < -0.39 is 5.82 Å². The Morgan fingerprint density at radius 2 is 1.90 bits per heavy atom.